The first kappa shape index (κ1) is 20.4. The van der Waals surface area contributed by atoms with Crippen LogP contribution < -0.4 is 5.32 Å². The van der Waals surface area contributed by atoms with Crippen LogP contribution in [-0.4, -0.2) is 30.3 Å². The van der Waals surface area contributed by atoms with E-state index in [4.69, 9.17) is 4.74 Å². The zero-order valence-electron chi connectivity index (χ0n) is 14.7. The molecule has 24 heavy (non-hydrogen) atoms. The fourth-order valence-corrected chi connectivity index (χ4v) is 2.03. The van der Waals surface area contributed by atoms with Crippen LogP contribution in [0.4, 0.5) is 0 Å². The fraction of sp³-hybridized carbons (Fsp3) is 0.500. The summed E-state index contributed by atoms with van der Waals surface area (Å²) in [7, 11) is 0. The molecule has 0 fully saturated rings. The quantitative estimate of drug-likeness (QED) is 0.746. The molecular formula is C18H24BrNO4. The molecule has 0 saturated carbocycles. The summed E-state index contributed by atoms with van der Waals surface area (Å²) in [5, 5.41) is 2.67. The first-order valence-corrected chi connectivity index (χ1v) is 8.58. The minimum atomic E-state index is -0.811. The topological polar surface area (TPSA) is 72.5 Å². The molecule has 0 aliphatic rings. The second-order valence-corrected chi connectivity index (χ2v) is 7.90. The highest BCUT2D eigenvalue weighted by molar-refractivity contribution is 9.10. The number of ether oxygens (including phenoxy) is 1. The van der Waals surface area contributed by atoms with E-state index >= 15 is 0 Å². The molecule has 1 aromatic rings. The zero-order chi connectivity index (χ0) is 18.5. The maximum Gasteiger partial charge on any atom is 0.329 e. The van der Waals surface area contributed by atoms with Crippen LogP contribution in [0.1, 0.15) is 45.0 Å². The van der Waals surface area contributed by atoms with Crippen LogP contribution in [0, 0.1) is 11.3 Å². The molecule has 0 spiro atoms. The Bertz CT molecular complexity index is 602. The number of benzene rings is 1. The first-order chi connectivity index (χ1) is 11.0. The van der Waals surface area contributed by atoms with Crippen LogP contribution in [0.25, 0.3) is 0 Å². The van der Waals surface area contributed by atoms with E-state index in [0.717, 1.165) is 4.47 Å². The lowest BCUT2D eigenvalue weighted by atomic mass is 9.91. The minimum absolute atomic E-state index is 0.165. The van der Waals surface area contributed by atoms with Crippen molar-refractivity contribution in [2.24, 2.45) is 11.3 Å². The number of Topliss-reactive ketones (excluding diaryl/α,β-unsaturated/α-hetero) is 1. The van der Waals surface area contributed by atoms with E-state index in [2.05, 4.69) is 21.2 Å². The van der Waals surface area contributed by atoms with Gasteiger partial charge in [0.15, 0.2) is 12.4 Å². The van der Waals surface area contributed by atoms with Gasteiger partial charge < -0.3 is 10.1 Å². The van der Waals surface area contributed by atoms with Crippen LogP contribution in [0.3, 0.4) is 0 Å². The van der Waals surface area contributed by atoms with Gasteiger partial charge in [-0.2, -0.15) is 0 Å². The summed E-state index contributed by atoms with van der Waals surface area (Å²) in [5.74, 6) is -1.30. The Morgan fingerprint density at radius 2 is 1.67 bits per heavy atom. The Morgan fingerprint density at radius 1 is 1.12 bits per heavy atom. The summed E-state index contributed by atoms with van der Waals surface area (Å²) < 4.78 is 5.96. The van der Waals surface area contributed by atoms with Gasteiger partial charge in [0.25, 0.3) is 5.91 Å². The predicted molar refractivity (Wildman–Crippen MR) is 95.7 cm³/mol. The maximum atomic E-state index is 12.3. The van der Waals surface area contributed by atoms with Gasteiger partial charge in [-0.1, -0.05) is 50.5 Å². The van der Waals surface area contributed by atoms with Crippen LogP contribution in [-0.2, 0) is 14.3 Å². The van der Waals surface area contributed by atoms with E-state index in [1.165, 1.54) is 0 Å². The third-order valence-electron chi connectivity index (χ3n) is 3.50. The van der Waals surface area contributed by atoms with Crippen LogP contribution >= 0.6 is 15.9 Å². The smallest absolute Gasteiger partial charge is 0.329 e. The van der Waals surface area contributed by atoms with Crippen molar-refractivity contribution in [3.63, 3.8) is 0 Å². The lowest BCUT2D eigenvalue weighted by molar-refractivity contribution is -0.152. The molecule has 0 radical (unpaired) electrons. The standard InChI is InChI=1S/C18H24BrNO4/c1-11(2)15(17(23)24-10-14(21)18(3,4)5)20-16(22)12-6-8-13(19)9-7-12/h6-9,11,15H,10H2,1-5H3,(H,20,22)/t15-/m0/s1. The average molecular weight is 398 g/mol. The Morgan fingerprint density at radius 3 is 2.12 bits per heavy atom. The molecule has 1 amide bonds. The summed E-state index contributed by atoms with van der Waals surface area (Å²) in [6, 6.07) is 6.00. The summed E-state index contributed by atoms with van der Waals surface area (Å²) >= 11 is 3.30. The molecule has 5 nitrogen and oxygen atoms in total. The summed E-state index contributed by atoms with van der Waals surface area (Å²) in [6.45, 7) is 8.60. The maximum absolute atomic E-state index is 12.3. The number of amides is 1. The monoisotopic (exact) mass is 397 g/mol. The third kappa shape index (κ3) is 6.07. The molecule has 1 N–H and O–H groups in total. The normalized spacial score (nSPS) is 12.6. The minimum Gasteiger partial charge on any atom is -0.456 e. The molecule has 0 aromatic heterocycles. The molecule has 1 aromatic carbocycles. The van der Waals surface area contributed by atoms with Gasteiger partial charge in [0, 0.05) is 15.5 Å². The number of hydrogen-bond donors (Lipinski definition) is 1. The SMILES string of the molecule is CC(C)[C@H](NC(=O)c1ccc(Br)cc1)C(=O)OCC(=O)C(C)(C)C. The second kappa shape index (κ2) is 8.42. The lowest BCUT2D eigenvalue weighted by Gasteiger charge is -2.22. The molecule has 0 saturated heterocycles. The lowest BCUT2D eigenvalue weighted by Crippen LogP contribution is -2.46. The van der Waals surface area contributed by atoms with E-state index in [1.54, 1.807) is 58.9 Å². The van der Waals surface area contributed by atoms with Gasteiger partial charge in [0.05, 0.1) is 0 Å². The molecule has 1 atom stereocenters. The Hall–Kier alpha value is -1.69. The Labute approximate surface area is 151 Å². The van der Waals surface area contributed by atoms with E-state index in [0.29, 0.717) is 5.56 Å². The van der Waals surface area contributed by atoms with Gasteiger partial charge in [-0.3, -0.25) is 9.59 Å². The number of esters is 1. The van der Waals surface area contributed by atoms with E-state index in [-0.39, 0.29) is 24.2 Å². The average Bonchev–Trinajstić information content (AvgIpc) is 2.49. The highest BCUT2D eigenvalue weighted by atomic mass is 79.9. The van der Waals surface area contributed by atoms with Gasteiger partial charge in [-0.05, 0) is 30.2 Å². The summed E-state index contributed by atoms with van der Waals surface area (Å²) in [4.78, 5) is 36.4. The second-order valence-electron chi connectivity index (χ2n) is 6.98. The van der Waals surface area contributed by atoms with Crippen molar-refractivity contribution in [3.8, 4) is 0 Å². The van der Waals surface area contributed by atoms with Gasteiger partial charge in [-0.15, -0.1) is 0 Å². The predicted octanol–water partition coefficient (Wildman–Crippen LogP) is 3.36. The van der Waals surface area contributed by atoms with Crippen molar-refractivity contribution < 1.29 is 19.1 Å². The summed E-state index contributed by atoms with van der Waals surface area (Å²) in [6.07, 6.45) is 0. The number of carbonyl (C=O) groups is 3. The third-order valence-corrected chi connectivity index (χ3v) is 4.02. The van der Waals surface area contributed by atoms with Crippen molar-refractivity contribution >= 4 is 33.6 Å². The Balaban J connectivity index is 2.72. The summed E-state index contributed by atoms with van der Waals surface area (Å²) in [5.41, 5.74) is -0.128. The van der Waals surface area contributed by atoms with Crippen molar-refractivity contribution in [3.05, 3.63) is 34.3 Å². The highest BCUT2D eigenvalue weighted by Crippen LogP contribution is 2.15. The number of halogens is 1. The molecule has 6 heteroatoms. The van der Waals surface area contributed by atoms with E-state index in [1.807, 2.05) is 0 Å². The zero-order valence-corrected chi connectivity index (χ0v) is 16.3. The van der Waals surface area contributed by atoms with Crippen molar-refractivity contribution in [2.75, 3.05) is 6.61 Å². The first-order valence-electron chi connectivity index (χ1n) is 7.78. The largest absolute Gasteiger partial charge is 0.456 e. The molecule has 132 valence electrons. The Kier molecular flexibility index (Phi) is 7.14. The van der Waals surface area contributed by atoms with Gasteiger partial charge in [0.1, 0.15) is 6.04 Å². The van der Waals surface area contributed by atoms with Crippen molar-refractivity contribution in [2.45, 2.75) is 40.7 Å². The van der Waals surface area contributed by atoms with E-state index in [9.17, 15) is 14.4 Å². The number of nitrogens with one attached hydrogen (secondary N) is 1. The fourth-order valence-electron chi connectivity index (χ4n) is 1.77. The number of hydrogen-bond acceptors (Lipinski definition) is 4. The van der Waals surface area contributed by atoms with Crippen LogP contribution in [0.15, 0.2) is 28.7 Å². The molecule has 0 unspecified atom stereocenters. The van der Waals surface area contributed by atoms with Crippen molar-refractivity contribution in [1.29, 1.82) is 0 Å². The van der Waals surface area contributed by atoms with Gasteiger partial charge >= 0.3 is 5.97 Å². The molecule has 1 rings (SSSR count). The molecule has 0 aliphatic heterocycles. The molecule has 0 bridgehead atoms. The highest BCUT2D eigenvalue weighted by Gasteiger charge is 2.28. The van der Waals surface area contributed by atoms with Gasteiger partial charge in [0.2, 0.25) is 0 Å². The number of rotatable bonds is 6. The van der Waals surface area contributed by atoms with Gasteiger partial charge in [-0.25, -0.2) is 4.79 Å². The van der Waals surface area contributed by atoms with E-state index < -0.39 is 17.4 Å². The molecule has 0 heterocycles. The van der Waals surface area contributed by atoms with Crippen LogP contribution in [0.5, 0.6) is 0 Å². The van der Waals surface area contributed by atoms with Crippen molar-refractivity contribution in [1.82, 2.24) is 5.32 Å². The molecular weight excluding hydrogens is 374 g/mol. The molecule has 0 aliphatic carbocycles. The number of carbonyl (C=O) groups excluding carboxylic acids is 3. The van der Waals surface area contributed by atoms with Crippen LogP contribution in [0.2, 0.25) is 0 Å². The number of ketones is 1.